The largest absolute Gasteiger partial charge is 0.376 e. The molecule has 0 bridgehead atoms. The van der Waals surface area contributed by atoms with E-state index < -0.39 is 0 Å². The highest BCUT2D eigenvalue weighted by Crippen LogP contribution is 2.11. The smallest absolute Gasteiger partial charge is 0.191 e. The SMILES string of the molecule is CCNC(=NCC1CCCO1)NCCc1cnn(C)c1. The van der Waals surface area contributed by atoms with Gasteiger partial charge in [0.2, 0.25) is 0 Å². The number of guanidine groups is 1. The Labute approximate surface area is 120 Å². The topological polar surface area (TPSA) is 63.5 Å². The van der Waals surface area contributed by atoms with Gasteiger partial charge >= 0.3 is 0 Å². The second-order valence-electron chi connectivity index (χ2n) is 5.05. The normalized spacial score (nSPS) is 19.3. The summed E-state index contributed by atoms with van der Waals surface area (Å²) < 4.78 is 7.41. The van der Waals surface area contributed by atoms with Crippen LogP contribution < -0.4 is 10.6 Å². The highest BCUT2D eigenvalue weighted by molar-refractivity contribution is 5.79. The van der Waals surface area contributed by atoms with Gasteiger partial charge in [0.25, 0.3) is 0 Å². The van der Waals surface area contributed by atoms with Gasteiger partial charge in [0.1, 0.15) is 0 Å². The molecule has 112 valence electrons. The van der Waals surface area contributed by atoms with Gasteiger partial charge in [0.05, 0.1) is 18.8 Å². The Morgan fingerprint density at radius 2 is 2.45 bits per heavy atom. The average Bonchev–Trinajstić information content (AvgIpc) is 3.08. The molecule has 0 aromatic carbocycles. The highest BCUT2D eigenvalue weighted by atomic mass is 16.5. The second-order valence-corrected chi connectivity index (χ2v) is 5.05. The predicted molar refractivity (Wildman–Crippen MR) is 79.9 cm³/mol. The molecular formula is C14H25N5O. The average molecular weight is 279 g/mol. The van der Waals surface area contributed by atoms with Crippen LogP contribution in [0.5, 0.6) is 0 Å². The van der Waals surface area contributed by atoms with E-state index in [-0.39, 0.29) is 0 Å². The monoisotopic (exact) mass is 279 g/mol. The first-order valence-corrected chi connectivity index (χ1v) is 7.39. The van der Waals surface area contributed by atoms with Crippen LogP contribution >= 0.6 is 0 Å². The number of nitrogens with one attached hydrogen (secondary N) is 2. The number of aromatic nitrogens is 2. The maximum absolute atomic E-state index is 5.58. The van der Waals surface area contributed by atoms with Gasteiger partial charge in [-0.25, -0.2) is 0 Å². The van der Waals surface area contributed by atoms with Gasteiger partial charge in [-0.2, -0.15) is 5.10 Å². The molecule has 6 heteroatoms. The van der Waals surface area contributed by atoms with Crippen molar-refractivity contribution in [3.8, 4) is 0 Å². The summed E-state index contributed by atoms with van der Waals surface area (Å²) in [4.78, 5) is 4.58. The molecule has 20 heavy (non-hydrogen) atoms. The molecular weight excluding hydrogens is 254 g/mol. The maximum atomic E-state index is 5.58. The minimum absolute atomic E-state index is 0.295. The molecule has 2 heterocycles. The third kappa shape index (κ3) is 4.85. The van der Waals surface area contributed by atoms with Gasteiger partial charge in [0, 0.05) is 32.9 Å². The molecule has 0 saturated carbocycles. The summed E-state index contributed by atoms with van der Waals surface area (Å²) in [5.41, 5.74) is 1.23. The Bertz CT molecular complexity index is 423. The van der Waals surface area contributed by atoms with Crippen molar-refractivity contribution >= 4 is 5.96 Å². The number of aryl methyl sites for hydroxylation is 1. The van der Waals surface area contributed by atoms with Crippen molar-refractivity contribution in [1.29, 1.82) is 0 Å². The molecule has 1 aromatic heterocycles. The Hall–Kier alpha value is -1.56. The summed E-state index contributed by atoms with van der Waals surface area (Å²) in [7, 11) is 1.93. The number of nitrogens with zero attached hydrogens (tertiary/aromatic N) is 3. The van der Waals surface area contributed by atoms with Gasteiger partial charge in [-0.1, -0.05) is 0 Å². The number of hydrogen-bond acceptors (Lipinski definition) is 3. The minimum atomic E-state index is 0.295. The Kier molecular flexibility index (Phi) is 5.86. The van der Waals surface area contributed by atoms with Gasteiger partial charge in [0.15, 0.2) is 5.96 Å². The van der Waals surface area contributed by atoms with Crippen molar-refractivity contribution in [2.45, 2.75) is 32.3 Å². The van der Waals surface area contributed by atoms with E-state index in [0.717, 1.165) is 51.5 Å². The van der Waals surface area contributed by atoms with E-state index in [1.54, 1.807) is 0 Å². The van der Waals surface area contributed by atoms with Gasteiger partial charge in [-0.3, -0.25) is 9.67 Å². The summed E-state index contributed by atoms with van der Waals surface area (Å²) in [5, 5.41) is 10.8. The number of rotatable bonds is 6. The van der Waals surface area contributed by atoms with Crippen LogP contribution in [0.4, 0.5) is 0 Å². The van der Waals surface area contributed by atoms with Crippen molar-refractivity contribution in [3.63, 3.8) is 0 Å². The van der Waals surface area contributed by atoms with Crippen LogP contribution in [0.2, 0.25) is 0 Å². The lowest BCUT2D eigenvalue weighted by Crippen LogP contribution is -2.38. The fourth-order valence-electron chi connectivity index (χ4n) is 2.25. The Balaban J connectivity index is 1.74. The fraction of sp³-hybridized carbons (Fsp3) is 0.714. The summed E-state index contributed by atoms with van der Waals surface area (Å²) in [6.07, 6.45) is 7.46. The van der Waals surface area contributed by atoms with E-state index >= 15 is 0 Å². The molecule has 1 unspecified atom stereocenters. The van der Waals surface area contributed by atoms with Gasteiger partial charge in [-0.05, 0) is 31.7 Å². The van der Waals surface area contributed by atoms with Crippen LogP contribution in [0.25, 0.3) is 0 Å². The molecule has 1 aliphatic rings. The van der Waals surface area contributed by atoms with Crippen molar-refractivity contribution in [2.24, 2.45) is 12.0 Å². The van der Waals surface area contributed by atoms with Crippen LogP contribution in [-0.2, 0) is 18.2 Å². The number of hydrogen-bond donors (Lipinski definition) is 2. The van der Waals surface area contributed by atoms with Crippen LogP contribution in [0.3, 0.4) is 0 Å². The van der Waals surface area contributed by atoms with E-state index in [1.165, 1.54) is 5.56 Å². The molecule has 6 nitrogen and oxygen atoms in total. The van der Waals surface area contributed by atoms with Crippen LogP contribution in [0, 0.1) is 0 Å². The zero-order chi connectivity index (χ0) is 14.2. The minimum Gasteiger partial charge on any atom is -0.376 e. The second kappa shape index (κ2) is 7.89. The number of aliphatic imine (C=N–C) groups is 1. The first-order chi connectivity index (χ1) is 9.78. The quantitative estimate of drug-likeness (QED) is 0.594. The van der Waals surface area contributed by atoms with Gasteiger partial charge in [-0.15, -0.1) is 0 Å². The van der Waals surface area contributed by atoms with Crippen LogP contribution in [0.1, 0.15) is 25.3 Å². The molecule has 0 spiro atoms. The summed E-state index contributed by atoms with van der Waals surface area (Å²) in [6, 6.07) is 0. The zero-order valence-electron chi connectivity index (χ0n) is 12.4. The van der Waals surface area contributed by atoms with Crippen molar-refractivity contribution in [2.75, 3.05) is 26.2 Å². The number of ether oxygens (including phenoxy) is 1. The molecule has 0 aliphatic carbocycles. The van der Waals surface area contributed by atoms with Crippen molar-refractivity contribution in [3.05, 3.63) is 18.0 Å². The molecule has 1 fully saturated rings. The lowest BCUT2D eigenvalue weighted by molar-refractivity contribution is 0.117. The van der Waals surface area contributed by atoms with Crippen molar-refractivity contribution in [1.82, 2.24) is 20.4 Å². The van der Waals surface area contributed by atoms with E-state index in [1.807, 2.05) is 24.1 Å². The molecule has 1 aromatic rings. The summed E-state index contributed by atoms with van der Waals surface area (Å²) in [5.74, 6) is 0.867. The summed E-state index contributed by atoms with van der Waals surface area (Å²) in [6.45, 7) is 5.41. The molecule has 1 atom stereocenters. The predicted octanol–water partition coefficient (Wildman–Crippen LogP) is 0.697. The first kappa shape index (κ1) is 14.8. The molecule has 1 saturated heterocycles. The molecule has 2 N–H and O–H groups in total. The molecule has 0 radical (unpaired) electrons. The third-order valence-corrected chi connectivity index (χ3v) is 3.29. The third-order valence-electron chi connectivity index (χ3n) is 3.29. The first-order valence-electron chi connectivity index (χ1n) is 7.39. The van der Waals surface area contributed by atoms with E-state index in [2.05, 4.69) is 27.6 Å². The maximum Gasteiger partial charge on any atom is 0.191 e. The van der Waals surface area contributed by atoms with Crippen LogP contribution in [0.15, 0.2) is 17.4 Å². The standard InChI is InChI=1S/C14H25N5O/c1-3-15-14(17-10-13-5-4-8-20-13)16-7-6-12-9-18-19(2)11-12/h9,11,13H,3-8,10H2,1-2H3,(H2,15,16,17). The fourth-order valence-corrected chi connectivity index (χ4v) is 2.25. The van der Waals surface area contributed by atoms with Crippen molar-refractivity contribution < 1.29 is 4.74 Å². The molecule has 1 aliphatic heterocycles. The van der Waals surface area contributed by atoms with Crippen LogP contribution in [-0.4, -0.2) is 48.1 Å². The lowest BCUT2D eigenvalue weighted by Gasteiger charge is -2.12. The highest BCUT2D eigenvalue weighted by Gasteiger charge is 2.14. The van der Waals surface area contributed by atoms with E-state index in [9.17, 15) is 0 Å². The van der Waals surface area contributed by atoms with Gasteiger partial charge < -0.3 is 15.4 Å². The molecule has 2 rings (SSSR count). The Morgan fingerprint density at radius 3 is 3.10 bits per heavy atom. The van der Waals surface area contributed by atoms with E-state index in [0.29, 0.717) is 6.10 Å². The Morgan fingerprint density at radius 1 is 1.55 bits per heavy atom. The zero-order valence-corrected chi connectivity index (χ0v) is 12.4. The van der Waals surface area contributed by atoms with E-state index in [4.69, 9.17) is 4.74 Å². The lowest BCUT2D eigenvalue weighted by atomic mass is 10.2. The molecule has 0 amide bonds. The summed E-state index contributed by atoms with van der Waals surface area (Å²) >= 11 is 0.